The zero-order valence-electron chi connectivity index (χ0n) is 14.5. The second-order valence-electron chi connectivity index (χ2n) is 7.00. The molecule has 1 aliphatic heterocycles. The first-order valence-electron chi connectivity index (χ1n) is 8.84. The lowest BCUT2D eigenvalue weighted by atomic mass is 10.0. The lowest BCUT2D eigenvalue weighted by molar-refractivity contribution is -0.0865. The fraction of sp³-hybridized carbons (Fsp3) is 0.474. The summed E-state index contributed by atoms with van der Waals surface area (Å²) in [6, 6.07) is 11.0. The van der Waals surface area contributed by atoms with Gasteiger partial charge in [0.15, 0.2) is 0 Å². The van der Waals surface area contributed by atoms with Crippen molar-refractivity contribution in [2.24, 2.45) is 13.0 Å². The summed E-state index contributed by atoms with van der Waals surface area (Å²) in [4.78, 5) is 14.7. The molecule has 0 bridgehead atoms. The third-order valence-electron chi connectivity index (χ3n) is 5.07. The Balaban J connectivity index is 1.59. The molecule has 0 radical (unpaired) electrons. The number of aryl methyl sites for hydroxylation is 1. The van der Waals surface area contributed by atoms with E-state index in [0.29, 0.717) is 19.0 Å². The predicted octanol–water partition coefficient (Wildman–Crippen LogP) is 3.35. The second-order valence-corrected chi connectivity index (χ2v) is 7.00. The van der Waals surface area contributed by atoms with E-state index in [1.54, 1.807) is 4.90 Å². The Labute approximate surface area is 150 Å². The van der Waals surface area contributed by atoms with Gasteiger partial charge in [-0.1, -0.05) is 30.3 Å². The van der Waals surface area contributed by atoms with E-state index in [1.807, 2.05) is 30.3 Å². The quantitative estimate of drug-likeness (QED) is 0.839. The van der Waals surface area contributed by atoms with E-state index in [2.05, 4.69) is 5.10 Å². The molecule has 2 fully saturated rings. The first-order valence-corrected chi connectivity index (χ1v) is 8.84. The summed E-state index contributed by atoms with van der Waals surface area (Å²) in [7, 11) is 1.52. The molecule has 2 aromatic rings. The number of hydrogen-bond acceptors (Lipinski definition) is 3. The zero-order chi connectivity index (χ0) is 18.3. The van der Waals surface area contributed by atoms with Crippen LogP contribution >= 0.6 is 0 Å². The Morgan fingerprint density at radius 2 is 1.96 bits per heavy atom. The van der Waals surface area contributed by atoms with Gasteiger partial charge in [0, 0.05) is 13.6 Å². The molecule has 2 heterocycles. The van der Waals surface area contributed by atoms with Gasteiger partial charge in [-0.2, -0.15) is 5.10 Å². The minimum Gasteiger partial charge on any atom is -0.366 e. The van der Waals surface area contributed by atoms with Gasteiger partial charge in [-0.3, -0.25) is 9.48 Å². The van der Waals surface area contributed by atoms with E-state index >= 15 is 0 Å². The van der Waals surface area contributed by atoms with E-state index in [1.165, 1.54) is 17.8 Å². The van der Waals surface area contributed by atoms with Gasteiger partial charge >= 0.3 is 0 Å². The van der Waals surface area contributed by atoms with Crippen LogP contribution in [0.3, 0.4) is 0 Å². The SMILES string of the molecule is Cn1nc(C(F)F)cc1C(=O)N1C[C@@H](c2ccccc2)O[C@@H](C2CC2)C1. The number of halogens is 2. The second kappa shape index (κ2) is 6.79. The van der Waals surface area contributed by atoms with Crippen LogP contribution in [0.5, 0.6) is 0 Å². The molecule has 1 aliphatic carbocycles. The van der Waals surface area contributed by atoms with Crippen LogP contribution in [0.2, 0.25) is 0 Å². The van der Waals surface area contributed by atoms with Crippen LogP contribution in [-0.4, -0.2) is 39.8 Å². The summed E-state index contributed by atoms with van der Waals surface area (Å²) in [6.45, 7) is 0.892. The van der Waals surface area contributed by atoms with Crippen LogP contribution in [0.25, 0.3) is 0 Å². The van der Waals surface area contributed by atoms with E-state index in [0.717, 1.165) is 18.4 Å². The first kappa shape index (κ1) is 17.1. The molecule has 0 spiro atoms. The third kappa shape index (κ3) is 3.35. The monoisotopic (exact) mass is 361 g/mol. The molecule has 138 valence electrons. The van der Waals surface area contributed by atoms with Crippen molar-refractivity contribution in [1.29, 1.82) is 0 Å². The van der Waals surface area contributed by atoms with Gasteiger partial charge in [-0.25, -0.2) is 8.78 Å². The highest BCUT2D eigenvalue weighted by Gasteiger charge is 2.40. The van der Waals surface area contributed by atoms with Crippen LogP contribution in [0.15, 0.2) is 36.4 Å². The molecule has 2 atom stereocenters. The molecule has 4 rings (SSSR count). The Morgan fingerprint density at radius 3 is 2.58 bits per heavy atom. The van der Waals surface area contributed by atoms with Crippen molar-refractivity contribution in [3.05, 3.63) is 53.3 Å². The van der Waals surface area contributed by atoms with Crippen LogP contribution in [0.1, 0.15) is 47.1 Å². The van der Waals surface area contributed by atoms with Gasteiger partial charge < -0.3 is 9.64 Å². The molecule has 1 amide bonds. The molecule has 0 unspecified atom stereocenters. The number of rotatable bonds is 4. The Kier molecular flexibility index (Phi) is 4.48. The van der Waals surface area contributed by atoms with E-state index in [4.69, 9.17) is 4.74 Å². The number of benzene rings is 1. The van der Waals surface area contributed by atoms with E-state index < -0.39 is 6.43 Å². The lowest BCUT2D eigenvalue weighted by Gasteiger charge is -2.38. The molecule has 26 heavy (non-hydrogen) atoms. The Morgan fingerprint density at radius 1 is 1.23 bits per heavy atom. The van der Waals surface area contributed by atoms with Crippen molar-refractivity contribution in [3.8, 4) is 0 Å². The summed E-state index contributed by atoms with van der Waals surface area (Å²) in [6.07, 6.45) is -0.697. The molecule has 2 aliphatic rings. The summed E-state index contributed by atoms with van der Waals surface area (Å²) in [5.41, 5.74) is 0.833. The number of carbonyl (C=O) groups excluding carboxylic acids is 1. The van der Waals surface area contributed by atoms with Gasteiger partial charge in [0.2, 0.25) is 0 Å². The number of ether oxygens (including phenoxy) is 1. The third-order valence-corrected chi connectivity index (χ3v) is 5.07. The van der Waals surface area contributed by atoms with Gasteiger partial charge in [-0.15, -0.1) is 0 Å². The molecule has 1 saturated carbocycles. The van der Waals surface area contributed by atoms with Gasteiger partial charge in [0.05, 0.1) is 12.6 Å². The predicted molar refractivity (Wildman–Crippen MR) is 90.8 cm³/mol. The maximum Gasteiger partial charge on any atom is 0.282 e. The molecule has 0 N–H and O–H groups in total. The number of hydrogen-bond donors (Lipinski definition) is 0. The highest BCUT2D eigenvalue weighted by atomic mass is 19.3. The van der Waals surface area contributed by atoms with Crippen LogP contribution < -0.4 is 0 Å². The number of nitrogens with zero attached hydrogens (tertiary/aromatic N) is 3. The highest BCUT2D eigenvalue weighted by molar-refractivity contribution is 5.92. The Bertz CT molecular complexity index is 789. The molecular formula is C19H21F2N3O2. The topological polar surface area (TPSA) is 47.4 Å². The van der Waals surface area contributed by atoms with Crippen molar-refractivity contribution in [3.63, 3.8) is 0 Å². The summed E-state index contributed by atoms with van der Waals surface area (Å²) in [5, 5.41) is 3.76. The molecule has 1 aromatic heterocycles. The van der Waals surface area contributed by atoms with E-state index in [9.17, 15) is 13.6 Å². The minimum absolute atomic E-state index is 0.0132. The summed E-state index contributed by atoms with van der Waals surface area (Å²) >= 11 is 0. The Hall–Kier alpha value is -2.28. The number of aromatic nitrogens is 2. The van der Waals surface area contributed by atoms with Crippen molar-refractivity contribution < 1.29 is 18.3 Å². The maximum absolute atomic E-state index is 13.0. The molecule has 7 heteroatoms. The minimum atomic E-state index is -2.69. The molecule has 1 aromatic carbocycles. The van der Waals surface area contributed by atoms with Gasteiger partial charge in [-0.05, 0) is 30.4 Å². The van der Waals surface area contributed by atoms with Crippen molar-refractivity contribution in [2.45, 2.75) is 31.5 Å². The number of morpholine rings is 1. The van der Waals surface area contributed by atoms with Gasteiger partial charge in [0.25, 0.3) is 12.3 Å². The normalized spacial score (nSPS) is 23.5. The fourth-order valence-electron chi connectivity index (χ4n) is 3.49. The summed E-state index contributed by atoms with van der Waals surface area (Å²) in [5.74, 6) is 0.196. The van der Waals surface area contributed by atoms with Crippen LogP contribution in [-0.2, 0) is 11.8 Å². The molecule has 1 saturated heterocycles. The fourth-order valence-corrected chi connectivity index (χ4v) is 3.49. The van der Waals surface area contributed by atoms with Crippen molar-refractivity contribution in [2.75, 3.05) is 13.1 Å². The largest absolute Gasteiger partial charge is 0.366 e. The van der Waals surface area contributed by atoms with Crippen molar-refractivity contribution in [1.82, 2.24) is 14.7 Å². The number of carbonyl (C=O) groups is 1. The van der Waals surface area contributed by atoms with Crippen molar-refractivity contribution >= 4 is 5.91 Å². The average Bonchev–Trinajstić information content (AvgIpc) is 3.43. The summed E-state index contributed by atoms with van der Waals surface area (Å²) < 4.78 is 33.3. The smallest absolute Gasteiger partial charge is 0.282 e. The maximum atomic E-state index is 13.0. The number of alkyl halides is 2. The first-order chi connectivity index (χ1) is 12.5. The lowest BCUT2D eigenvalue weighted by Crippen LogP contribution is -2.48. The highest BCUT2D eigenvalue weighted by Crippen LogP contribution is 2.39. The molecule has 5 nitrogen and oxygen atoms in total. The molecular weight excluding hydrogens is 340 g/mol. The van der Waals surface area contributed by atoms with Crippen LogP contribution in [0, 0.1) is 5.92 Å². The standard InChI is InChI=1S/C19H21F2N3O2/c1-23-15(9-14(22-23)18(20)21)19(25)24-10-16(12-5-3-2-4-6-12)26-17(11-24)13-7-8-13/h2-6,9,13,16-18H,7-8,10-11H2,1H3/t16-,17+/m0/s1. The van der Waals surface area contributed by atoms with Crippen LogP contribution in [0.4, 0.5) is 8.78 Å². The van der Waals surface area contributed by atoms with E-state index in [-0.39, 0.29) is 29.5 Å². The zero-order valence-corrected chi connectivity index (χ0v) is 14.5. The average molecular weight is 361 g/mol. The number of amides is 1. The van der Waals surface area contributed by atoms with Gasteiger partial charge in [0.1, 0.15) is 17.5 Å².